The van der Waals surface area contributed by atoms with Crippen molar-refractivity contribution in [2.45, 2.75) is 57.9 Å². The Morgan fingerprint density at radius 2 is 1.74 bits per heavy atom. The Kier molecular flexibility index (Phi) is 8.89. The van der Waals surface area contributed by atoms with E-state index in [2.05, 4.69) is 34.5 Å². The van der Waals surface area contributed by atoms with Gasteiger partial charge in [0.15, 0.2) is 0 Å². The van der Waals surface area contributed by atoms with Crippen molar-refractivity contribution in [2.24, 2.45) is 11.1 Å². The molecule has 1 heterocycles. The summed E-state index contributed by atoms with van der Waals surface area (Å²) in [4.78, 5) is 29.0. The van der Waals surface area contributed by atoms with Crippen LogP contribution >= 0.6 is 0 Å². The first kappa shape index (κ1) is 27.0. The van der Waals surface area contributed by atoms with E-state index >= 15 is 0 Å². The lowest BCUT2D eigenvalue weighted by Crippen LogP contribution is -2.38. The molecule has 7 nitrogen and oxygen atoms in total. The lowest BCUT2D eigenvalue weighted by atomic mass is 9.83. The maximum absolute atomic E-state index is 13.0. The molecular formula is C31H35N3O4. The smallest absolute Gasteiger partial charge is 0.308 e. The molecule has 198 valence electrons. The zero-order valence-corrected chi connectivity index (χ0v) is 22.2. The largest absolute Gasteiger partial charge is 0.469 e. The van der Waals surface area contributed by atoms with E-state index in [9.17, 15) is 14.8 Å². The maximum Gasteiger partial charge on any atom is 0.308 e. The number of ether oxygens (including phenoxy) is 1. The molecule has 1 aliphatic carbocycles. The van der Waals surface area contributed by atoms with Gasteiger partial charge in [0.1, 0.15) is 0 Å². The van der Waals surface area contributed by atoms with Crippen LogP contribution in [0.5, 0.6) is 0 Å². The number of aryl methyl sites for hydroxylation is 2. The second-order valence-corrected chi connectivity index (χ2v) is 10.0. The van der Waals surface area contributed by atoms with E-state index in [0.717, 1.165) is 53.6 Å². The van der Waals surface area contributed by atoms with Crippen LogP contribution in [0.15, 0.2) is 72.0 Å². The van der Waals surface area contributed by atoms with Crippen molar-refractivity contribution in [1.82, 2.24) is 10.3 Å². The maximum atomic E-state index is 13.0. The van der Waals surface area contributed by atoms with Crippen LogP contribution in [0.2, 0.25) is 0 Å². The topological polar surface area (TPSA) is 101 Å². The van der Waals surface area contributed by atoms with Gasteiger partial charge < -0.3 is 15.3 Å². The van der Waals surface area contributed by atoms with Crippen LogP contribution < -0.4 is 5.32 Å². The van der Waals surface area contributed by atoms with Crippen LogP contribution in [0, 0.1) is 19.8 Å². The van der Waals surface area contributed by atoms with Crippen molar-refractivity contribution in [3.8, 4) is 0 Å². The summed E-state index contributed by atoms with van der Waals surface area (Å²) in [7, 11) is 1.42. The van der Waals surface area contributed by atoms with Gasteiger partial charge in [-0.1, -0.05) is 41.6 Å². The van der Waals surface area contributed by atoms with Gasteiger partial charge in [0.2, 0.25) is 0 Å². The Labute approximate surface area is 223 Å². The molecule has 1 saturated carbocycles. The number of hydrogen-bond acceptors (Lipinski definition) is 6. The second kappa shape index (κ2) is 12.5. The number of hydrogen-bond donors (Lipinski definition) is 2. The van der Waals surface area contributed by atoms with E-state index < -0.39 is 0 Å². The molecular weight excluding hydrogens is 478 g/mol. The molecule has 0 bridgehead atoms. The average molecular weight is 514 g/mol. The summed E-state index contributed by atoms with van der Waals surface area (Å²) >= 11 is 0. The summed E-state index contributed by atoms with van der Waals surface area (Å²) in [5.41, 5.74) is 6.16. The molecule has 7 heteroatoms. The molecule has 38 heavy (non-hydrogen) atoms. The number of esters is 1. The number of amides is 1. The molecule has 1 fully saturated rings. The highest BCUT2D eigenvalue weighted by atomic mass is 16.5. The third-order valence-electron chi connectivity index (χ3n) is 7.48. The zero-order chi connectivity index (χ0) is 27.1. The first-order chi connectivity index (χ1) is 18.4. The first-order valence-electron chi connectivity index (χ1n) is 13.1. The lowest BCUT2D eigenvalue weighted by Gasteiger charge is -2.27. The van der Waals surface area contributed by atoms with Crippen LogP contribution in [0.3, 0.4) is 0 Å². The fraction of sp³-hybridized carbons (Fsp3) is 0.355. The van der Waals surface area contributed by atoms with Gasteiger partial charge in [-0.05, 0) is 80.5 Å². The van der Waals surface area contributed by atoms with Gasteiger partial charge in [-0.25, -0.2) is 0 Å². The molecule has 0 saturated heterocycles. The number of benzene rings is 2. The first-order valence-corrected chi connectivity index (χ1v) is 13.1. The average Bonchev–Trinajstić information content (AvgIpc) is 2.94. The molecule has 4 rings (SSSR count). The predicted molar refractivity (Wildman–Crippen MR) is 147 cm³/mol. The summed E-state index contributed by atoms with van der Waals surface area (Å²) < 4.78 is 4.86. The highest BCUT2D eigenvalue weighted by molar-refractivity contribution is 6.01. The fourth-order valence-corrected chi connectivity index (χ4v) is 5.30. The van der Waals surface area contributed by atoms with Gasteiger partial charge in [0.05, 0.1) is 18.7 Å². The summed E-state index contributed by atoms with van der Waals surface area (Å²) in [6.45, 7) is 3.98. The molecule has 1 amide bonds. The van der Waals surface area contributed by atoms with Crippen molar-refractivity contribution in [1.29, 1.82) is 0 Å². The molecule has 0 radical (unpaired) electrons. The zero-order valence-electron chi connectivity index (χ0n) is 22.2. The Bertz CT molecular complexity index is 1290. The molecule has 0 spiro atoms. The number of pyridine rings is 1. The SMILES string of the molecule is COC(=O)C1CCC(NC(=O)c2ccc([C@@H](CC(=NO)c3ccnc(C)c3)c3ccccc3C)cc2)CC1. The number of aromatic nitrogens is 1. The van der Waals surface area contributed by atoms with E-state index in [1.165, 1.54) is 7.11 Å². The second-order valence-electron chi connectivity index (χ2n) is 10.0. The van der Waals surface area contributed by atoms with Crippen LogP contribution in [-0.4, -0.2) is 40.9 Å². The van der Waals surface area contributed by atoms with Gasteiger partial charge in [-0.3, -0.25) is 14.6 Å². The monoisotopic (exact) mass is 513 g/mol. The number of nitrogens with zero attached hydrogens (tertiary/aromatic N) is 2. The van der Waals surface area contributed by atoms with Crippen molar-refractivity contribution >= 4 is 17.6 Å². The predicted octanol–water partition coefficient (Wildman–Crippen LogP) is 5.56. The van der Waals surface area contributed by atoms with Gasteiger partial charge >= 0.3 is 5.97 Å². The van der Waals surface area contributed by atoms with Gasteiger partial charge in [0.25, 0.3) is 5.91 Å². The Morgan fingerprint density at radius 3 is 2.37 bits per heavy atom. The van der Waals surface area contributed by atoms with Crippen molar-refractivity contribution in [3.63, 3.8) is 0 Å². The quantitative estimate of drug-likeness (QED) is 0.178. The normalized spacial score (nSPS) is 18.4. The number of carbonyl (C=O) groups is 2. The minimum absolute atomic E-state index is 0.0509. The van der Waals surface area contributed by atoms with Crippen molar-refractivity contribution < 1.29 is 19.5 Å². The number of carbonyl (C=O) groups excluding carboxylic acids is 2. The van der Waals surface area contributed by atoms with Gasteiger partial charge in [0, 0.05) is 41.4 Å². The molecule has 2 aromatic carbocycles. The van der Waals surface area contributed by atoms with Gasteiger partial charge in [-0.2, -0.15) is 0 Å². The molecule has 3 aromatic rings. The van der Waals surface area contributed by atoms with Gasteiger partial charge in [-0.15, -0.1) is 0 Å². The Morgan fingerprint density at radius 1 is 1.03 bits per heavy atom. The lowest BCUT2D eigenvalue weighted by molar-refractivity contribution is -0.146. The minimum Gasteiger partial charge on any atom is -0.469 e. The Hall–Kier alpha value is -4.00. The summed E-state index contributed by atoms with van der Waals surface area (Å²) in [5.74, 6) is -0.423. The molecule has 1 aromatic heterocycles. The third-order valence-corrected chi connectivity index (χ3v) is 7.48. The van der Waals surface area contributed by atoms with Crippen LogP contribution in [0.25, 0.3) is 0 Å². The van der Waals surface area contributed by atoms with Crippen LogP contribution in [0.4, 0.5) is 0 Å². The van der Waals surface area contributed by atoms with E-state index in [1.807, 2.05) is 55.5 Å². The van der Waals surface area contributed by atoms with E-state index in [1.54, 1.807) is 6.20 Å². The number of nitrogens with one attached hydrogen (secondary N) is 1. The molecule has 0 aliphatic heterocycles. The Balaban J connectivity index is 1.51. The molecule has 2 N–H and O–H groups in total. The fourth-order valence-electron chi connectivity index (χ4n) is 5.30. The number of rotatable bonds is 8. The highest BCUT2D eigenvalue weighted by Crippen LogP contribution is 2.32. The third kappa shape index (κ3) is 6.46. The summed E-state index contributed by atoms with van der Waals surface area (Å²) in [6.07, 6.45) is 5.17. The van der Waals surface area contributed by atoms with E-state index in [-0.39, 0.29) is 29.8 Å². The minimum atomic E-state index is -0.165. The van der Waals surface area contributed by atoms with E-state index in [4.69, 9.17) is 4.74 Å². The molecule has 1 aliphatic rings. The molecule has 0 unspecified atom stereocenters. The van der Waals surface area contributed by atoms with Crippen molar-refractivity contribution in [3.05, 3.63) is 100 Å². The number of oxime groups is 1. The highest BCUT2D eigenvalue weighted by Gasteiger charge is 2.28. The van der Waals surface area contributed by atoms with E-state index in [0.29, 0.717) is 17.7 Å². The standard InChI is InChI=1S/C31H35N3O4/c1-20-6-4-5-7-27(20)28(19-29(34-37)25-16-17-32-21(2)18-25)22-8-10-23(11-9-22)30(35)33-26-14-12-24(13-15-26)31(36)38-3/h4-11,16-18,24,26,28,37H,12-15,19H2,1-3H3,(H,33,35)/t24?,26?,28-/m1/s1. The van der Waals surface area contributed by atoms with Crippen molar-refractivity contribution in [2.75, 3.05) is 7.11 Å². The van der Waals surface area contributed by atoms with Crippen LogP contribution in [-0.2, 0) is 9.53 Å². The summed E-state index contributed by atoms with van der Waals surface area (Å²) in [6, 6.07) is 19.7. The molecule has 1 atom stereocenters. The number of methoxy groups -OCH3 is 1. The van der Waals surface area contributed by atoms with Crippen LogP contribution in [0.1, 0.15) is 76.3 Å². The summed E-state index contributed by atoms with van der Waals surface area (Å²) in [5, 5.41) is 16.7.